The summed E-state index contributed by atoms with van der Waals surface area (Å²) in [5.41, 5.74) is 0.506. The molecule has 0 aliphatic carbocycles. The molecule has 32 heavy (non-hydrogen) atoms. The van der Waals surface area contributed by atoms with Crippen molar-refractivity contribution in [3.63, 3.8) is 0 Å². The molecule has 0 saturated carbocycles. The summed E-state index contributed by atoms with van der Waals surface area (Å²) < 4.78 is 14.8. The fourth-order valence-corrected chi connectivity index (χ4v) is 3.89. The van der Waals surface area contributed by atoms with Crippen LogP contribution >= 0.6 is 0 Å². The van der Waals surface area contributed by atoms with Crippen LogP contribution in [0, 0.1) is 5.82 Å². The zero-order valence-corrected chi connectivity index (χ0v) is 17.5. The Morgan fingerprint density at radius 1 is 1.16 bits per heavy atom. The summed E-state index contributed by atoms with van der Waals surface area (Å²) in [6.45, 7) is 1.33. The summed E-state index contributed by atoms with van der Waals surface area (Å²) in [5.74, 6) is 0.0147. The molecule has 2 aromatic heterocycles. The number of nitrogens with zero attached hydrogens (tertiary/aromatic N) is 3. The van der Waals surface area contributed by atoms with Crippen molar-refractivity contribution in [3.8, 4) is 0 Å². The van der Waals surface area contributed by atoms with Crippen LogP contribution < -0.4 is 21.3 Å². The predicted molar refractivity (Wildman–Crippen MR) is 118 cm³/mol. The molecule has 166 valence electrons. The molecule has 1 saturated heterocycles. The molecule has 1 aromatic carbocycles. The highest BCUT2D eigenvalue weighted by Gasteiger charge is 2.25. The number of rotatable bonds is 6. The second-order valence-corrected chi connectivity index (χ2v) is 7.81. The maximum atomic E-state index is 13.5. The topological polar surface area (TPSA) is 100 Å². The van der Waals surface area contributed by atoms with Gasteiger partial charge in [-0.15, -0.1) is 0 Å². The molecule has 1 aliphatic rings. The summed E-state index contributed by atoms with van der Waals surface area (Å²) >= 11 is 0. The van der Waals surface area contributed by atoms with Gasteiger partial charge in [-0.3, -0.25) is 14.4 Å². The van der Waals surface area contributed by atoms with Gasteiger partial charge >= 0.3 is 0 Å². The third-order valence-electron chi connectivity index (χ3n) is 5.54. The highest BCUT2D eigenvalue weighted by atomic mass is 19.1. The van der Waals surface area contributed by atoms with E-state index in [0.29, 0.717) is 23.5 Å². The number of nitrogens with one attached hydrogen (secondary N) is 2. The van der Waals surface area contributed by atoms with E-state index in [2.05, 4.69) is 20.3 Å². The first-order chi connectivity index (χ1) is 15.5. The Morgan fingerprint density at radius 2 is 2.03 bits per heavy atom. The lowest BCUT2D eigenvalue weighted by molar-refractivity contribution is 0.0949. The molecule has 0 radical (unpaired) electrons. The number of H-pyrrole nitrogens is 1. The van der Waals surface area contributed by atoms with Crippen molar-refractivity contribution in [2.24, 2.45) is 0 Å². The standard InChI is InChI=1S/C23H24FN5O3/c24-18-5-3-4-16(12-18)15-29-22(31)10-8-20(27-29)28-11-2-1-6-19(28)14-26-23(32)17-7-9-21(30)25-13-17/h3-5,7-10,12-13,19H,1-2,6,11,14-15H2,(H,25,30)(H,26,32). The molecule has 3 aromatic rings. The summed E-state index contributed by atoms with van der Waals surface area (Å²) in [5, 5.41) is 7.44. The molecule has 9 heteroatoms. The van der Waals surface area contributed by atoms with Crippen LogP contribution in [0.25, 0.3) is 0 Å². The lowest BCUT2D eigenvalue weighted by Crippen LogP contribution is -2.47. The van der Waals surface area contributed by atoms with Crippen LogP contribution in [-0.4, -0.2) is 39.8 Å². The summed E-state index contributed by atoms with van der Waals surface area (Å²) in [6, 6.07) is 12.1. The second kappa shape index (κ2) is 9.59. The summed E-state index contributed by atoms with van der Waals surface area (Å²) in [4.78, 5) is 40.5. The Labute approximate surface area is 183 Å². The Kier molecular flexibility index (Phi) is 6.44. The van der Waals surface area contributed by atoms with Crippen LogP contribution in [0.1, 0.15) is 35.2 Å². The van der Waals surface area contributed by atoms with Gasteiger partial charge in [-0.25, -0.2) is 9.07 Å². The average Bonchev–Trinajstić information content (AvgIpc) is 2.80. The third kappa shape index (κ3) is 5.11. The van der Waals surface area contributed by atoms with E-state index < -0.39 is 0 Å². The van der Waals surface area contributed by atoms with Crippen LogP contribution in [0.2, 0.25) is 0 Å². The van der Waals surface area contributed by atoms with E-state index in [-0.39, 0.29) is 35.4 Å². The normalized spacial score (nSPS) is 16.0. The third-order valence-corrected chi connectivity index (χ3v) is 5.54. The van der Waals surface area contributed by atoms with Crippen molar-refractivity contribution in [3.05, 3.63) is 92.4 Å². The van der Waals surface area contributed by atoms with Gasteiger partial charge in [0.2, 0.25) is 5.56 Å². The second-order valence-electron chi connectivity index (χ2n) is 7.81. The number of carbonyl (C=O) groups excluding carboxylic acids is 1. The van der Waals surface area contributed by atoms with E-state index in [0.717, 1.165) is 25.8 Å². The Morgan fingerprint density at radius 3 is 2.81 bits per heavy atom. The number of hydrogen-bond donors (Lipinski definition) is 2. The molecular weight excluding hydrogens is 413 g/mol. The highest BCUT2D eigenvalue weighted by Crippen LogP contribution is 2.22. The van der Waals surface area contributed by atoms with Crippen LogP contribution in [0.4, 0.5) is 10.2 Å². The maximum absolute atomic E-state index is 13.5. The van der Waals surface area contributed by atoms with Gasteiger partial charge in [-0.05, 0) is 49.1 Å². The number of hydrogen-bond acceptors (Lipinski definition) is 5. The molecule has 0 spiro atoms. The monoisotopic (exact) mass is 437 g/mol. The summed E-state index contributed by atoms with van der Waals surface area (Å²) in [7, 11) is 0. The van der Waals surface area contributed by atoms with Crippen LogP contribution in [0.3, 0.4) is 0 Å². The SMILES string of the molecule is O=C(NCC1CCCCN1c1ccc(=O)n(Cc2cccc(F)c2)n1)c1ccc(=O)[nH]c1. The lowest BCUT2D eigenvalue weighted by atomic mass is 10.0. The number of pyridine rings is 1. The molecule has 1 aliphatic heterocycles. The highest BCUT2D eigenvalue weighted by molar-refractivity contribution is 5.93. The molecule has 4 rings (SSSR count). The number of aromatic nitrogens is 3. The molecule has 0 bridgehead atoms. The van der Waals surface area contributed by atoms with E-state index in [9.17, 15) is 18.8 Å². The number of piperidine rings is 1. The Bertz CT molecular complexity index is 1200. The van der Waals surface area contributed by atoms with E-state index >= 15 is 0 Å². The minimum absolute atomic E-state index is 0.0167. The van der Waals surface area contributed by atoms with Gasteiger partial charge in [-0.2, -0.15) is 5.10 Å². The first-order valence-electron chi connectivity index (χ1n) is 10.6. The lowest BCUT2D eigenvalue weighted by Gasteiger charge is -2.36. The number of amides is 1. The van der Waals surface area contributed by atoms with E-state index in [1.165, 1.54) is 41.2 Å². The maximum Gasteiger partial charge on any atom is 0.267 e. The number of anilines is 1. The number of benzene rings is 1. The van der Waals surface area contributed by atoms with Crippen molar-refractivity contribution in [1.82, 2.24) is 20.1 Å². The Balaban J connectivity index is 1.49. The Hall–Kier alpha value is -3.75. The smallest absolute Gasteiger partial charge is 0.267 e. The largest absolute Gasteiger partial charge is 0.350 e. The van der Waals surface area contributed by atoms with Gasteiger partial charge in [0, 0.05) is 37.5 Å². The molecule has 2 N–H and O–H groups in total. The predicted octanol–water partition coefficient (Wildman–Crippen LogP) is 1.91. The van der Waals surface area contributed by atoms with Crippen molar-refractivity contribution < 1.29 is 9.18 Å². The number of carbonyl (C=O) groups is 1. The van der Waals surface area contributed by atoms with Crippen LogP contribution in [0.15, 0.2) is 64.3 Å². The van der Waals surface area contributed by atoms with Crippen LogP contribution in [-0.2, 0) is 6.54 Å². The molecule has 1 atom stereocenters. The molecule has 1 fully saturated rings. The average molecular weight is 437 g/mol. The quantitative estimate of drug-likeness (QED) is 0.614. The zero-order valence-electron chi connectivity index (χ0n) is 17.5. The van der Waals surface area contributed by atoms with Gasteiger partial charge in [0.25, 0.3) is 11.5 Å². The summed E-state index contributed by atoms with van der Waals surface area (Å²) in [6.07, 6.45) is 4.27. The van der Waals surface area contributed by atoms with Crippen LogP contribution in [0.5, 0.6) is 0 Å². The molecule has 8 nitrogen and oxygen atoms in total. The first kappa shape index (κ1) is 21.5. The fourth-order valence-electron chi connectivity index (χ4n) is 3.89. The first-order valence-corrected chi connectivity index (χ1v) is 10.6. The minimum atomic E-state index is -0.360. The molecule has 1 amide bonds. The van der Waals surface area contributed by atoms with Gasteiger partial charge in [-0.1, -0.05) is 12.1 Å². The number of aromatic amines is 1. The molecule has 3 heterocycles. The van der Waals surface area contributed by atoms with Gasteiger partial charge in [0.1, 0.15) is 11.6 Å². The van der Waals surface area contributed by atoms with E-state index in [1.54, 1.807) is 18.2 Å². The minimum Gasteiger partial charge on any atom is -0.350 e. The fraction of sp³-hybridized carbons (Fsp3) is 0.304. The van der Waals surface area contributed by atoms with Crippen molar-refractivity contribution in [2.45, 2.75) is 31.8 Å². The van der Waals surface area contributed by atoms with Crippen molar-refractivity contribution in [1.29, 1.82) is 0 Å². The van der Waals surface area contributed by atoms with E-state index in [4.69, 9.17) is 0 Å². The van der Waals surface area contributed by atoms with Crippen molar-refractivity contribution >= 4 is 11.7 Å². The number of halogens is 1. The van der Waals surface area contributed by atoms with E-state index in [1.807, 2.05) is 0 Å². The van der Waals surface area contributed by atoms with Gasteiger partial charge in [0.15, 0.2) is 0 Å². The zero-order chi connectivity index (χ0) is 22.5. The van der Waals surface area contributed by atoms with Crippen molar-refractivity contribution in [2.75, 3.05) is 18.0 Å². The molecule has 1 unspecified atom stereocenters. The van der Waals surface area contributed by atoms with Gasteiger partial charge < -0.3 is 15.2 Å². The molecular formula is C23H24FN5O3. The van der Waals surface area contributed by atoms with Gasteiger partial charge in [0.05, 0.1) is 12.1 Å².